The van der Waals surface area contributed by atoms with E-state index < -0.39 is 13.7 Å². The number of unbranched alkanes of at least 4 members (excludes halogenated alkanes) is 13. The Morgan fingerprint density at radius 1 is 0.750 bits per heavy atom. The lowest BCUT2D eigenvalue weighted by atomic mass is 10.0. The smallest absolute Gasteiger partial charge is 0.328 e. The molecular formula is C25H55NO5P+. The van der Waals surface area contributed by atoms with Gasteiger partial charge in [0.15, 0.2) is 0 Å². The summed E-state index contributed by atoms with van der Waals surface area (Å²) in [5.41, 5.74) is 0. The summed E-state index contributed by atoms with van der Waals surface area (Å²) >= 11 is 0. The predicted octanol–water partition coefficient (Wildman–Crippen LogP) is 6.14. The minimum atomic E-state index is -3.63. The quantitative estimate of drug-likeness (QED) is 0.0985. The van der Waals surface area contributed by atoms with Crippen LogP contribution in [0.4, 0.5) is 0 Å². The van der Waals surface area contributed by atoms with Crippen LogP contribution in [0.1, 0.15) is 103 Å². The number of hydrogen-bond acceptors (Lipinski definition) is 4. The molecule has 0 spiro atoms. The van der Waals surface area contributed by atoms with Crippen molar-refractivity contribution in [1.29, 1.82) is 0 Å². The zero-order valence-corrected chi connectivity index (χ0v) is 22.6. The highest BCUT2D eigenvalue weighted by Gasteiger charge is 2.22. The molecule has 0 aromatic rings. The number of hydrogen-bond donors (Lipinski definition) is 2. The van der Waals surface area contributed by atoms with Crippen molar-refractivity contribution in [2.24, 2.45) is 0 Å². The highest BCUT2D eigenvalue weighted by atomic mass is 31.2. The van der Waals surface area contributed by atoms with Gasteiger partial charge in [0, 0.05) is 13.0 Å². The maximum atomic E-state index is 12.0. The Balaban J connectivity index is 3.40. The van der Waals surface area contributed by atoms with E-state index in [1.54, 1.807) is 0 Å². The summed E-state index contributed by atoms with van der Waals surface area (Å²) in [5, 5.41) is 9.90. The van der Waals surface area contributed by atoms with Gasteiger partial charge >= 0.3 is 7.60 Å². The van der Waals surface area contributed by atoms with Gasteiger partial charge in [-0.1, -0.05) is 90.4 Å². The van der Waals surface area contributed by atoms with Gasteiger partial charge in [-0.25, -0.2) is 0 Å². The molecule has 0 aliphatic heterocycles. The highest BCUT2D eigenvalue weighted by Crippen LogP contribution is 2.42. The normalized spacial score (nSPS) is 15.1. The Kier molecular flexibility index (Phi) is 20.4. The first-order valence-corrected chi connectivity index (χ1v) is 14.9. The van der Waals surface area contributed by atoms with Crippen molar-refractivity contribution in [3.8, 4) is 0 Å². The van der Waals surface area contributed by atoms with Gasteiger partial charge in [0.2, 0.25) is 0 Å². The van der Waals surface area contributed by atoms with Crippen LogP contribution < -0.4 is 0 Å². The third-order valence-electron chi connectivity index (χ3n) is 5.69. The van der Waals surface area contributed by atoms with Crippen LogP contribution in [-0.4, -0.2) is 74.3 Å². The molecule has 0 aromatic heterocycles. The Morgan fingerprint density at radius 2 is 1.22 bits per heavy atom. The first-order chi connectivity index (χ1) is 15.2. The fourth-order valence-electron chi connectivity index (χ4n) is 3.68. The second-order valence-corrected chi connectivity index (χ2v) is 12.3. The molecule has 0 aliphatic carbocycles. The molecule has 0 fully saturated rings. The Morgan fingerprint density at radius 3 is 1.69 bits per heavy atom. The van der Waals surface area contributed by atoms with E-state index in [4.69, 9.17) is 9.26 Å². The van der Waals surface area contributed by atoms with Crippen molar-refractivity contribution >= 4 is 7.60 Å². The van der Waals surface area contributed by atoms with Crippen LogP contribution in [-0.2, 0) is 13.8 Å². The van der Waals surface area contributed by atoms with E-state index in [2.05, 4.69) is 6.92 Å². The van der Waals surface area contributed by atoms with Crippen molar-refractivity contribution < 1.29 is 28.3 Å². The molecule has 0 rings (SSSR count). The van der Waals surface area contributed by atoms with E-state index in [-0.39, 0.29) is 19.4 Å². The zero-order chi connectivity index (χ0) is 24.1. The average Bonchev–Trinajstić information content (AvgIpc) is 2.71. The number of aliphatic hydroxyl groups excluding tert-OH is 1. The van der Waals surface area contributed by atoms with Gasteiger partial charge in [-0.2, -0.15) is 0 Å². The SMILES string of the molecule is CCCCCCCCCCCCCCCCOC[C@@H](O)COP(=O)(O)CCC[N+](C)(C)C. The molecule has 32 heavy (non-hydrogen) atoms. The third-order valence-corrected chi connectivity index (χ3v) is 7.12. The van der Waals surface area contributed by atoms with E-state index in [0.717, 1.165) is 23.9 Å². The van der Waals surface area contributed by atoms with Gasteiger partial charge in [0.1, 0.15) is 6.10 Å². The molecule has 2 N–H and O–H groups in total. The minimum Gasteiger partial charge on any atom is -0.388 e. The maximum absolute atomic E-state index is 12.0. The molecule has 0 aliphatic rings. The van der Waals surface area contributed by atoms with Crippen LogP contribution in [0.5, 0.6) is 0 Å². The van der Waals surface area contributed by atoms with Crippen molar-refractivity contribution in [3.05, 3.63) is 0 Å². The van der Waals surface area contributed by atoms with Gasteiger partial charge < -0.3 is 23.7 Å². The second-order valence-electron chi connectivity index (χ2n) is 10.3. The van der Waals surface area contributed by atoms with E-state index in [9.17, 15) is 14.6 Å². The fourth-order valence-corrected chi connectivity index (χ4v) is 4.75. The first kappa shape index (κ1) is 32.0. The molecule has 2 atom stereocenters. The molecule has 194 valence electrons. The number of ether oxygens (including phenoxy) is 1. The summed E-state index contributed by atoms with van der Waals surface area (Å²) in [4.78, 5) is 9.85. The van der Waals surface area contributed by atoms with E-state index >= 15 is 0 Å². The molecular weight excluding hydrogens is 425 g/mol. The number of aliphatic hydroxyl groups is 1. The predicted molar refractivity (Wildman–Crippen MR) is 135 cm³/mol. The number of rotatable bonds is 24. The summed E-state index contributed by atoms with van der Waals surface area (Å²) in [6.45, 7) is 3.69. The molecule has 0 aromatic carbocycles. The average molecular weight is 481 g/mol. The summed E-state index contributed by atoms with van der Waals surface area (Å²) < 4.78 is 23.3. The van der Waals surface area contributed by atoms with E-state index in [1.807, 2.05) is 21.1 Å². The van der Waals surface area contributed by atoms with Crippen LogP contribution in [0, 0.1) is 0 Å². The summed E-state index contributed by atoms with van der Waals surface area (Å²) in [6.07, 6.45) is 18.4. The lowest BCUT2D eigenvalue weighted by molar-refractivity contribution is -0.870. The van der Waals surface area contributed by atoms with E-state index in [1.165, 1.54) is 77.0 Å². The molecule has 6 nitrogen and oxygen atoms in total. The van der Waals surface area contributed by atoms with Crippen LogP contribution >= 0.6 is 7.60 Å². The van der Waals surface area contributed by atoms with Gasteiger partial charge in [0.25, 0.3) is 0 Å². The van der Waals surface area contributed by atoms with E-state index in [0.29, 0.717) is 13.0 Å². The van der Waals surface area contributed by atoms with Gasteiger partial charge in [-0.05, 0) is 6.42 Å². The molecule has 0 bridgehead atoms. The number of quaternary nitrogens is 1. The van der Waals surface area contributed by atoms with Crippen LogP contribution in [0.25, 0.3) is 0 Å². The Bertz CT molecular complexity index is 456. The largest absolute Gasteiger partial charge is 0.388 e. The van der Waals surface area contributed by atoms with Crippen molar-refractivity contribution in [2.45, 2.75) is 109 Å². The standard InChI is InChI=1S/C25H54NO5P/c1-5-6-7-8-9-10-11-12-13-14-15-16-17-18-21-30-23-25(27)24-31-32(28,29)22-19-20-26(2,3)4/h25,27H,5-24H2,1-4H3/p+1/t25-/m1/s1. The Labute approximate surface area is 199 Å². The number of nitrogens with zero attached hydrogens (tertiary/aromatic N) is 1. The van der Waals surface area contributed by atoms with Gasteiger partial charge in [0.05, 0.1) is 47.1 Å². The first-order valence-electron chi connectivity index (χ1n) is 13.2. The molecule has 0 amide bonds. The Hall–Kier alpha value is 0.0300. The van der Waals surface area contributed by atoms with Crippen LogP contribution in [0.2, 0.25) is 0 Å². The molecule has 0 heterocycles. The monoisotopic (exact) mass is 480 g/mol. The third kappa shape index (κ3) is 24.7. The van der Waals surface area contributed by atoms with Gasteiger partial charge in [-0.15, -0.1) is 0 Å². The summed E-state index contributed by atoms with van der Waals surface area (Å²) in [5.74, 6) is 0. The lowest BCUT2D eigenvalue weighted by Gasteiger charge is -2.24. The minimum absolute atomic E-state index is 0.120. The lowest BCUT2D eigenvalue weighted by Crippen LogP contribution is -2.35. The van der Waals surface area contributed by atoms with Crippen LogP contribution in [0.3, 0.4) is 0 Å². The van der Waals surface area contributed by atoms with Crippen LogP contribution in [0.15, 0.2) is 0 Å². The highest BCUT2D eigenvalue weighted by molar-refractivity contribution is 7.52. The van der Waals surface area contributed by atoms with Crippen molar-refractivity contribution in [1.82, 2.24) is 0 Å². The topological polar surface area (TPSA) is 76.0 Å². The van der Waals surface area contributed by atoms with Crippen molar-refractivity contribution in [3.63, 3.8) is 0 Å². The summed E-state index contributed by atoms with van der Waals surface area (Å²) in [7, 11) is 2.50. The molecule has 7 heteroatoms. The molecule has 1 unspecified atom stereocenters. The fraction of sp³-hybridized carbons (Fsp3) is 1.00. The molecule has 0 radical (unpaired) electrons. The zero-order valence-electron chi connectivity index (χ0n) is 21.7. The molecule has 0 saturated heterocycles. The van der Waals surface area contributed by atoms with Gasteiger partial charge in [-0.3, -0.25) is 4.57 Å². The summed E-state index contributed by atoms with van der Waals surface area (Å²) in [6, 6.07) is 0. The molecule has 0 saturated carbocycles. The van der Waals surface area contributed by atoms with Crippen molar-refractivity contribution in [2.75, 3.05) is 53.7 Å². The maximum Gasteiger partial charge on any atom is 0.328 e. The second kappa shape index (κ2) is 20.4.